The molecule has 28 heavy (non-hydrogen) atoms. The van der Waals surface area contributed by atoms with Gasteiger partial charge in [-0.05, 0) is 46.5 Å². The minimum absolute atomic E-state index is 0.325. The van der Waals surface area contributed by atoms with Gasteiger partial charge in [0.25, 0.3) is 0 Å². The van der Waals surface area contributed by atoms with Crippen LogP contribution in [-0.4, -0.2) is 20.2 Å². The molecule has 0 saturated heterocycles. The van der Waals surface area contributed by atoms with E-state index in [0.717, 1.165) is 28.0 Å². The van der Waals surface area contributed by atoms with Crippen molar-refractivity contribution in [3.05, 3.63) is 101 Å². The minimum Gasteiger partial charge on any atom is -0.497 e. The Balaban J connectivity index is 1.62. The lowest BCUT2D eigenvalue weighted by atomic mass is 10.1. The van der Waals surface area contributed by atoms with Crippen molar-refractivity contribution in [2.75, 3.05) is 14.2 Å². The van der Waals surface area contributed by atoms with Crippen LogP contribution in [0.15, 0.2) is 72.8 Å². The van der Waals surface area contributed by atoms with Gasteiger partial charge in [0, 0.05) is 0 Å². The number of methoxy groups -OCH3 is 2. The van der Waals surface area contributed by atoms with Gasteiger partial charge in [-0.3, -0.25) is 0 Å². The summed E-state index contributed by atoms with van der Waals surface area (Å²) in [4.78, 5) is 11.5. The van der Waals surface area contributed by atoms with E-state index >= 15 is 0 Å². The van der Waals surface area contributed by atoms with E-state index in [-0.39, 0.29) is 5.97 Å². The third kappa shape index (κ3) is 5.21. The molecule has 0 radical (unpaired) electrons. The van der Waals surface area contributed by atoms with Crippen molar-refractivity contribution in [2.45, 2.75) is 0 Å². The molecule has 140 valence electrons. The van der Waals surface area contributed by atoms with Gasteiger partial charge in [0.15, 0.2) is 0 Å². The highest BCUT2D eigenvalue weighted by Crippen LogP contribution is 2.15. The van der Waals surface area contributed by atoms with E-state index in [1.807, 2.05) is 48.6 Å². The van der Waals surface area contributed by atoms with E-state index in [9.17, 15) is 4.79 Å². The lowest BCUT2D eigenvalue weighted by Crippen LogP contribution is -2.00. The van der Waals surface area contributed by atoms with E-state index in [4.69, 9.17) is 9.47 Å². The Morgan fingerprint density at radius 3 is 1.32 bits per heavy atom. The molecule has 3 heteroatoms. The van der Waals surface area contributed by atoms with Crippen LogP contribution in [0.25, 0.3) is 24.3 Å². The van der Waals surface area contributed by atoms with Crippen molar-refractivity contribution < 1.29 is 14.3 Å². The Morgan fingerprint density at radius 2 is 0.964 bits per heavy atom. The molecule has 0 atom stereocenters. The normalized spacial score (nSPS) is 11.1. The summed E-state index contributed by atoms with van der Waals surface area (Å²) in [7, 11) is 3.05. The van der Waals surface area contributed by atoms with Gasteiger partial charge in [-0.15, -0.1) is 0 Å². The van der Waals surface area contributed by atoms with Crippen LogP contribution in [0.5, 0.6) is 5.75 Å². The van der Waals surface area contributed by atoms with Crippen molar-refractivity contribution in [3.8, 4) is 5.75 Å². The first-order chi connectivity index (χ1) is 13.7. The van der Waals surface area contributed by atoms with Gasteiger partial charge in [0.2, 0.25) is 0 Å². The van der Waals surface area contributed by atoms with Crippen LogP contribution in [0, 0.1) is 0 Å². The molecule has 0 bridgehead atoms. The van der Waals surface area contributed by atoms with Crippen LogP contribution >= 0.6 is 0 Å². The molecule has 3 rings (SSSR count). The third-order valence-corrected chi connectivity index (χ3v) is 4.32. The zero-order valence-electron chi connectivity index (χ0n) is 16.0. The molecule has 0 aliphatic rings. The molecular formula is C25H22O3. The van der Waals surface area contributed by atoms with Gasteiger partial charge >= 0.3 is 5.97 Å². The van der Waals surface area contributed by atoms with E-state index in [0.29, 0.717) is 5.56 Å². The maximum atomic E-state index is 11.5. The summed E-state index contributed by atoms with van der Waals surface area (Å²) in [6.45, 7) is 0. The van der Waals surface area contributed by atoms with E-state index in [1.165, 1.54) is 7.11 Å². The lowest BCUT2D eigenvalue weighted by molar-refractivity contribution is 0.0600. The SMILES string of the molecule is COC(=O)c1ccc(/C=C/c2ccc(/C=C/c3ccc(OC)cc3)cc2)cc1. The molecule has 0 N–H and O–H groups in total. The second kappa shape index (κ2) is 9.38. The average molecular weight is 370 g/mol. The molecule has 3 aromatic rings. The second-order valence-electron chi connectivity index (χ2n) is 6.22. The fraction of sp³-hybridized carbons (Fsp3) is 0.0800. The van der Waals surface area contributed by atoms with Gasteiger partial charge in [-0.25, -0.2) is 4.79 Å². The number of hydrogen-bond acceptors (Lipinski definition) is 3. The number of rotatable bonds is 6. The monoisotopic (exact) mass is 370 g/mol. The van der Waals surface area contributed by atoms with E-state index in [2.05, 4.69) is 36.4 Å². The molecule has 0 saturated carbocycles. The highest BCUT2D eigenvalue weighted by Gasteiger charge is 2.03. The van der Waals surface area contributed by atoms with Crippen molar-refractivity contribution in [1.82, 2.24) is 0 Å². The first-order valence-corrected chi connectivity index (χ1v) is 8.96. The second-order valence-corrected chi connectivity index (χ2v) is 6.22. The molecule has 0 aromatic heterocycles. The zero-order chi connectivity index (χ0) is 19.8. The molecule has 0 spiro atoms. The Hall–Kier alpha value is -3.59. The standard InChI is InChI=1S/C25H22O3/c1-27-24-17-13-22(14-18-24)10-8-20-5-3-19(4-6-20)7-9-21-11-15-23(16-12-21)25(26)28-2/h3-18H,1-2H3/b9-7+,10-8+. The van der Waals surface area contributed by atoms with E-state index in [1.54, 1.807) is 19.2 Å². The number of esters is 1. The van der Waals surface area contributed by atoms with Gasteiger partial charge < -0.3 is 9.47 Å². The van der Waals surface area contributed by atoms with Gasteiger partial charge in [-0.1, -0.05) is 72.8 Å². The number of hydrogen-bond donors (Lipinski definition) is 0. The molecule has 0 heterocycles. The quantitative estimate of drug-likeness (QED) is 0.405. The number of carbonyl (C=O) groups excluding carboxylic acids is 1. The van der Waals surface area contributed by atoms with Crippen LogP contribution in [0.3, 0.4) is 0 Å². The molecule has 0 amide bonds. The first-order valence-electron chi connectivity index (χ1n) is 8.96. The van der Waals surface area contributed by atoms with Crippen LogP contribution in [0.2, 0.25) is 0 Å². The Morgan fingerprint density at radius 1 is 0.607 bits per heavy atom. The summed E-state index contributed by atoms with van der Waals surface area (Å²) in [6.07, 6.45) is 8.22. The summed E-state index contributed by atoms with van der Waals surface area (Å²) in [5.74, 6) is 0.530. The number of benzene rings is 3. The first kappa shape index (κ1) is 19.2. The largest absolute Gasteiger partial charge is 0.497 e. The Bertz CT molecular complexity index is 964. The fourth-order valence-corrected chi connectivity index (χ4v) is 2.67. The summed E-state index contributed by atoms with van der Waals surface area (Å²) in [5, 5.41) is 0. The predicted molar refractivity (Wildman–Crippen MR) is 115 cm³/mol. The molecule has 3 aromatic carbocycles. The van der Waals surface area contributed by atoms with Crippen molar-refractivity contribution in [3.63, 3.8) is 0 Å². The van der Waals surface area contributed by atoms with Crippen LogP contribution in [-0.2, 0) is 4.74 Å². The predicted octanol–water partition coefficient (Wildman–Crippen LogP) is 5.82. The smallest absolute Gasteiger partial charge is 0.337 e. The highest BCUT2D eigenvalue weighted by molar-refractivity contribution is 5.89. The Kier molecular flexibility index (Phi) is 6.42. The van der Waals surface area contributed by atoms with Gasteiger partial charge in [0.1, 0.15) is 5.75 Å². The van der Waals surface area contributed by atoms with Crippen molar-refractivity contribution in [1.29, 1.82) is 0 Å². The molecule has 0 aliphatic carbocycles. The van der Waals surface area contributed by atoms with E-state index < -0.39 is 0 Å². The highest BCUT2D eigenvalue weighted by atomic mass is 16.5. The fourth-order valence-electron chi connectivity index (χ4n) is 2.67. The Labute approximate surface area is 165 Å². The third-order valence-electron chi connectivity index (χ3n) is 4.32. The van der Waals surface area contributed by atoms with Gasteiger partial charge in [-0.2, -0.15) is 0 Å². The maximum absolute atomic E-state index is 11.5. The summed E-state index contributed by atoms with van der Waals surface area (Å²) >= 11 is 0. The van der Waals surface area contributed by atoms with Gasteiger partial charge in [0.05, 0.1) is 19.8 Å². The molecule has 3 nitrogen and oxygen atoms in total. The molecular weight excluding hydrogens is 348 g/mol. The van der Waals surface area contributed by atoms with Crippen LogP contribution in [0.4, 0.5) is 0 Å². The number of ether oxygens (including phenoxy) is 2. The number of carbonyl (C=O) groups is 1. The summed E-state index contributed by atoms with van der Waals surface area (Å²) in [6, 6.07) is 23.6. The zero-order valence-corrected chi connectivity index (χ0v) is 16.0. The molecule has 0 aliphatic heterocycles. The maximum Gasteiger partial charge on any atom is 0.337 e. The van der Waals surface area contributed by atoms with Crippen molar-refractivity contribution >= 4 is 30.3 Å². The van der Waals surface area contributed by atoms with Crippen LogP contribution < -0.4 is 4.74 Å². The summed E-state index contributed by atoms with van der Waals surface area (Å²) in [5.41, 5.74) is 4.94. The summed E-state index contributed by atoms with van der Waals surface area (Å²) < 4.78 is 9.88. The topological polar surface area (TPSA) is 35.5 Å². The van der Waals surface area contributed by atoms with Crippen LogP contribution in [0.1, 0.15) is 32.6 Å². The minimum atomic E-state index is -0.325. The average Bonchev–Trinajstić information content (AvgIpc) is 2.77. The molecule has 0 fully saturated rings. The molecule has 0 unspecified atom stereocenters. The van der Waals surface area contributed by atoms with Crippen molar-refractivity contribution in [2.24, 2.45) is 0 Å². The lowest BCUT2D eigenvalue weighted by Gasteiger charge is -2.00.